The topological polar surface area (TPSA) is 49.3 Å². The third-order valence-corrected chi connectivity index (χ3v) is 4.36. The highest BCUT2D eigenvalue weighted by atomic mass is 15.2. The van der Waals surface area contributed by atoms with Gasteiger partial charge in [0.2, 0.25) is 0 Å². The number of hydrogen-bond acceptors (Lipinski definition) is 2. The van der Waals surface area contributed by atoms with Crippen LogP contribution in [0.25, 0.3) is 11.1 Å². The van der Waals surface area contributed by atoms with Gasteiger partial charge < -0.3 is 10.6 Å². The van der Waals surface area contributed by atoms with Crippen molar-refractivity contribution < 1.29 is 0 Å². The maximum atomic E-state index is 4.34. The van der Waals surface area contributed by atoms with Gasteiger partial charge in [-0.05, 0) is 41.8 Å². The van der Waals surface area contributed by atoms with Gasteiger partial charge >= 0.3 is 0 Å². The van der Waals surface area contributed by atoms with Crippen molar-refractivity contribution in [3.63, 3.8) is 0 Å². The van der Waals surface area contributed by atoms with Crippen molar-refractivity contribution in [2.24, 2.45) is 4.99 Å². The molecule has 0 amide bonds. The average molecular weight is 358 g/mol. The van der Waals surface area contributed by atoms with Crippen LogP contribution in [-0.2, 0) is 13.0 Å². The third kappa shape index (κ3) is 5.68. The second-order valence-corrected chi connectivity index (χ2v) is 6.49. The van der Waals surface area contributed by atoms with Crippen LogP contribution >= 0.6 is 0 Å². The molecule has 0 fully saturated rings. The lowest BCUT2D eigenvalue weighted by Crippen LogP contribution is -2.37. The molecule has 138 valence electrons. The molecule has 0 atom stereocenters. The van der Waals surface area contributed by atoms with Crippen LogP contribution in [0.2, 0.25) is 0 Å². The van der Waals surface area contributed by atoms with E-state index in [1.54, 1.807) is 7.05 Å². The summed E-state index contributed by atoms with van der Waals surface area (Å²) in [4.78, 5) is 8.64. The molecule has 3 rings (SSSR count). The standard InChI is InChI=1S/C23H26N4/c1-18-7-5-9-20(15-18)21-10-6-8-19(16-21)17-27-23(24-2)26-14-12-22-11-3-4-13-25-22/h3-11,13,15-16H,12,14,17H2,1-2H3,(H2,24,26,27). The molecule has 2 N–H and O–H groups in total. The van der Waals surface area contributed by atoms with E-state index in [0.29, 0.717) is 0 Å². The number of aryl methyl sites for hydroxylation is 1. The van der Waals surface area contributed by atoms with Crippen LogP contribution in [0, 0.1) is 6.92 Å². The predicted octanol–water partition coefficient (Wildman–Crippen LogP) is 3.96. The maximum Gasteiger partial charge on any atom is 0.191 e. The van der Waals surface area contributed by atoms with Crippen LogP contribution in [0.15, 0.2) is 77.9 Å². The van der Waals surface area contributed by atoms with E-state index < -0.39 is 0 Å². The quantitative estimate of drug-likeness (QED) is 0.518. The van der Waals surface area contributed by atoms with Crippen LogP contribution in [0.4, 0.5) is 0 Å². The Morgan fingerprint density at radius 2 is 1.74 bits per heavy atom. The number of benzene rings is 2. The van der Waals surface area contributed by atoms with Crippen LogP contribution in [0.5, 0.6) is 0 Å². The maximum absolute atomic E-state index is 4.34. The van der Waals surface area contributed by atoms with E-state index in [0.717, 1.165) is 31.2 Å². The molecular formula is C23H26N4. The summed E-state index contributed by atoms with van der Waals surface area (Å²) >= 11 is 0. The summed E-state index contributed by atoms with van der Waals surface area (Å²) in [5.74, 6) is 0.798. The molecule has 0 radical (unpaired) electrons. The van der Waals surface area contributed by atoms with Gasteiger partial charge in [0, 0.05) is 38.4 Å². The van der Waals surface area contributed by atoms with Crippen molar-refractivity contribution in [2.75, 3.05) is 13.6 Å². The van der Waals surface area contributed by atoms with Gasteiger partial charge in [-0.25, -0.2) is 0 Å². The molecule has 2 aromatic carbocycles. The summed E-state index contributed by atoms with van der Waals surface area (Å²) in [6.07, 6.45) is 2.69. The van der Waals surface area contributed by atoms with E-state index in [-0.39, 0.29) is 0 Å². The molecule has 4 heteroatoms. The average Bonchev–Trinajstić information content (AvgIpc) is 2.71. The largest absolute Gasteiger partial charge is 0.356 e. The molecule has 0 aliphatic heterocycles. The molecular weight excluding hydrogens is 332 g/mol. The van der Waals surface area contributed by atoms with Crippen LogP contribution in [0.3, 0.4) is 0 Å². The van der Waals surface area contributed by atoms with E-state index in [9.17, 15) is 0 Å². The lowest BCUT2D eigenvalue weighted by atomic mass is 10.0. The number of nitrogens with one attached hydrogen (secondary N) is 2. The van der Waals surface area contributed by atoms with Gasteiger partial charge in [-0.3, -0.25) is 9.98 Å². The van der Waals surface area contributed by atoms with Crippen LogP contribution in [0.1, 0.15) is 16.8 Å². The SMILES string of the molecule is CN=C(NCCc1ccccn1)NCc1cccc(-c2cccc(C)c2)c1. The Kier molecular flexibility index (Phi) is 6.58. The van der Waals surface area contributed by atoms with Gasteiger partial charge in [-0.2, -0.15) is 0 Å². The van der Waals surface area contributed by atoms with E-state index in [2.05, 4.69) is 76.1 Å². The molecule has 1 heterocycles. The Hall–Kier alpha value is -3.14. The number of aromatic nitrogens is 1. The first kappa shape index (κ1) is 18.6. The zero-order chi connectivity index (χ0) is 18.9. The van der Waals surface area contributed by atoms with E-state index >= 15 is 0 Å². The molecule has 0 saturated carbocycles. The van der Waals surface area contributed by atoms with Crippen LogP contribution < -0.4 is 10.6 Å². The minimum absolute atomic E-state index is 0.725. The number of nitrogens with zero attached hydrogens (tertiary/aromatic N) is 2. The summed E-state index contributed by atoms with van der Waals surface area (Å²) in [6, 6.07) is 23.2. The van der Waals surface area contributed by atoms with Crippen LogP contribution in [-0.4, -0.2) is 24.5 Å². The number of pyridine rings is 1. The second-order valence-electron chi connectivity index (χ2n) is 6.49. The van der Waals surface area contributed by atoms with Gasteiger partial charge in [0.25, 0.3) is 0 Å². The third-order valence-electron chi connectivity index (χ3n) is 4.36. The van der Waals surface area contributed by atoms with E-state index in [1.165, 1.54) is 22.3 Å². The fourth-order valence-corrected chi connectivity index (χ4v) is 2.95. The second kappa shape index (κ2) is 9.53. The Balaban J connectivity index is 1.54. The summed E-state index contributed by atoms with van der Waals surface area (Å²) in [7, 11) is 1.79. The van der Waals surface area contributed by atoms with Crippen molar-refractivity contribution >= 4 is 5.96 Å². The molecule has 4 nitrogen and oxygen atoms in total. The molecule has 0 aliphatic rings. The highest BCUT2D eigenvalue weighted by molar-refractivity contribution is 5.79. The zero-order valence-corrected chi connectivity index (χ0v) is 15.9. The lowest BCUT2D eigenvalue weighted by molar-refractivity contribution is 0.784. The molecule has 3 aromatic rings. The molecule has 0 spiro atoms. The van der Waals surface area contributed by atoms with Crippen molar-refractivity contribution in [3.8, 4) is 11.1 Å². The highest BCUT2D eigenvalue weighted by Gasteiger charge is 2.02. The van der Waals surface area contributed by atoms with Gasteiger partial charge in [0.15, 0.2) is 5.96 Å². The normalized spacial score (nSPS) is 11.3. The van der Waals surface area contributed by atoms with Crippen molar-refractivity contribution in [1.29, 1.82) is 0 Å². The minimum atomic E-state index is 0.725. The monoisotopic (exact) mass is 358 g/mol. The first-order chi connectivity index (χ1) is 13.2. The Morgan fingerprint density at radius 3 is 2.48 bits per heavy atom. The number of hydrogen-bond donors (Lipinski definition) is 2. The lowest BCUT2D eigenvalue weighted by Gasteiger charge is -2.12. The fourth-order valence-electron chi connectivity index (χ4n) is 2.95. The predicted molar refractivity (Wildman–Crippen MR) is 113 cm³/mol. The van der Waals surface area contributed by atoms with Gasteiger partial charge in [-0.1, -0.05) is 54.1 Å². The van der Waals surface area contributed by atoms with E-state index in [1.807, 2.05) is 24.4 Å². The molecule has 0 aliphatic carbocycles. The first-order valence-corrected chi connectivity index (χ1v) is 9.25. The Labute approximate surface area is 161 Å². The summed E-state index contributed by atoms with van der Waals surface area (Å²) < 4.78 is 0. The van der Waals surface area contributed by atoms with Gasteiger partial charge in [0.1, 0.15) is 0 Å². The Bertz CT molecular complexity index is 888. The fraction of sp³-hybridized carbons (Fsp3) is 0.217. The molecule has 0 saturated heterocycles. The highest BCUT2D eigenvalue weighted by Crippen LogP contribution is 2.21. The van der Waals surface area contributed by atoms with Crippen molar-refractivity contribution in [1.82, 2.24) is 15.6 Å². The van der Waals surface area contributed by atoms with Gasteiger partial charge in [0.05, 0.1) is 0 Å². The molecule has 1 aromatic heterocycles. The molecule has 0 unspecified atom stereocenters. The molecule has 27 heavy (non-hydrogen) atoms. The summed E-state index contributed by atoms with van der Waals surface area (Å²) in [5, 5.41) is 6.72. The zero-order valence-electron chi connectivity index (χ0n) is 15.9. The van der Waals surface area contributed by atoms with E-state index in [4.69, 9.17) is 0 Å². The first-order valence-electron chi connectivity index (χ1n) is 9.25. The Morgan fingerprint density at radius 1 is 0.926 bits per heavy atom. The number of aliphatic imine (C=N–C) groups is 1. The summed E-state index contributed by atoms with van der Waals surface area (Å²) in [5.41, 5.74) is 6.05. The minimum Gasteiger partial charge on any atom is -0.356 e. The molecule has 0 bridgehead atoms. The van der Waals surface area contributed by atoms with Crippen molar-refractivity contribution in [3.05, 3.63) is 89.7 Å². The van der Waals surface area contributed by atoms with Gasteiger partial charge in [-0.15, -0.1) is 0 Å². The number of guanidine groups is 1. The number of rotatable bonds is 6. The summed E-state index contributed by atoms with van der Waals surface area (Å²) in [6.45, 7) is 3.64. The van der Waals surface area contributed by atoms with Crippen molar-refractivity contribution in [2.45, 2.75) is 19.9 Å². The smallest absolute Gasteiger partial charge is 0.191 e.